The highest BCUT2D eigenvalue weighted by Crippen LogP contribution is 2.24. The van der Waals surface area contributed by atoms with Gasteiger partial charge in [0.1, 0.15) is 5.50 Å². The largest absolute Gasteiger partial charge is 0.278 e. The Morgan fingerprint density at radius 2 is 2.20 bits per heavy atom. The fraction of sp³-hybridized carbons (Fsp3) is 0.875. The van der Waals surface area contributed by atoms with Crippen molar-refractivity contribution in [2.75, 3.05) is 0 Å². The highest BCUT2D eigenvalue weighted by molar-refractivity contribution is 6.21. The van der Waals surface area contributed by atoms with Crippen LogP contribution in [0.2, 0.25) is 0 Å². The number of rotatable bonds is 0. The summed E-state index contributed by atoms with van der Waals surface area (Å²) >= 11 is 5.94. The molecule has 0 aromatic rings. The molecule has 0 N–H and O–H groups in total. The third kappa shape index (κ3) is 1.98. The summed E-state index contributed by atoms with van der Waals surface area (Å²) in [6.07, 6.45) is 4.26. The van der Waals surface area contributed by atoms with Crippen molar-refractivity contribution in [2.24, 2.45) is 16.8 Å². The van der Waals surface area contributed by atoms with Crippen LogP contribution < -0.4 is 0 Å². The fourth-order valence-corrected chi connectivity index (χ4v) is 1.51. The second-order valence-electron chi connectivity index (χ2n) is 3.26. The van der Waals surface area contributed by atoms with Gasteiger partial charge in [-0.25, -0.2) is 0 Å². The molecule has 0 saturated carbocycles. The molecule has 0 radical (unpaired) electrons. The molecule has 0 saturated heterocycles. The molecule has 1 aliphatic rings. The predicted molar refractivity (Wildman–Crippen MR) is 45.7 cm³/mol. The Labute approximate surface area is 67.5 Å². The van der Waals surface area contributed by atoms with E-state index in [0.29, 0.717) is 5.92 Å². The molecular weight excluding hydrogens is 146 g/mol. The van der Waals surface area contributed by atoms with E-state index in [1.54, 1.807) is 0 Å². The van der Waals surface area contributed by atoms with Gasteiger partial charge in [-0.05, 0) is 24.7 Å². The molecule has 58 valence electrons. The zero-order chi connectivity index (χ0) is 7.56. The van der Waals surface area contributed by atoms with Gasteiger partial charge in [0.15, 0.2) is 0 Å². The van der Waals surface area contributed by atoms with Crippen molar-refractivity contribution in [2.45, 2.75) is 32.2 Å². The minimum atomic E-state index is 0.0185. The first kappa shape index (κ1) is 8.06. The summed E-state index contributed by atoms with van der Waals surface area (Å²) in [5, 5.41) is 0. The van der Waals surface area contributed by atoms with Crippen molar-refractivity contribution in [3.8, 4) is 0 Å². The number of alkyl halides is 1. The number of nitrogens with zero attached hydrogens (tertiary/aromatic N) is 1. The summed E-state index contributed by atoms with van der Waals surface area (Å²) < 4.78 is 0. The third-order valence-corrected chi connectivity index (χ3v) is 2.54. The minimum absolute atomic E-state index is 0.0185. The maximum Gasteiger partial charge on any atom is 0.125 e. The molecule has 0 aliphatic carbocycles. The van der Waals surface area contributed by atoms with E-state index >= 15 is 0 Å². The quantitative estimate of drug-likeness (QED) is 0.381. The second kappa shape index (κ2) is 3.38. The third-order valence-electron chi connectivity index (χ3n) is 2.00. The molecule has 1 heterocycles. The normalized spacial score (nSPS) is 41.3. The van der Waals surface area contributed by atoms with Crippen molar-refractivity contribution in [1.29, 1.82) is 0 Å². The van der Waals surface area contributed by atoms with Crippen molar-refractivity contribution in [3.05, 3.63) is 0 Å². The van der Waals surface area contributed by atoms with Gasteiger partial charge in [0.25, 0.3) is 0 Å². The van der Waals surface area contributed by atoms with E-state index in [1.807, 2.05) is 6.21 Å². The lowest BCUT2D eigenvalue weighted by atomic mass is 9.96. The molecule has 0 aromatic carbocycles. The summed E-state index contributed by atoms with van der Waals surface area (Å²) in [7, 11) is 0. The average Bonchev–Trinajstić information content (AvgIpc) is 1.96. The maximum atomic E-state index is 5.94. The Morgan fingerprint density at radius 3 is 2.90 bits per heavy atom. The lowest BCUT2D eigenvalue weighted by Crippen LogP contribution is -2.09. The summed E-state index contributed by atoms with van der Waals surface area (Å²) in [4.78, 5) is 4.20. The van der Waals surface area contributed by atoms with Gasteiger partial charge >= 0.3 is 0 Å². The van der Waals surface area contributed by atoms with E-state index in [2.05, 4.69) is 18.8 Å². The highest BCUT2D eigenvalue weighted by Gasteiger charge is 2.17. The Morgan fingerprint density at radius 1 is 1.50 bits per heavy atom. The molecule has 1 unspecified atom stereocenters. The number of hydrogen-bond acceptors (Lipinski definition) is 1. The van der Waals surface area contributed by atoms with Gasteiger partial charge in [0, 0.05) is 6.21 Å². The number of hydrogen-bond donors (Lipinski definition) is 0. The predicted octanol–water partition coefficient (Wildman–Crippen LogP) is 2.69. The molecule has 1 nitrogen and oxygen atoms in total. The highest BCUT2D eigenvalue weighted by atomic mass is 35.5. The van der Waals surface area contributed by atoms with Crippen molar-refractivity contribution < 1.29 is 0 Å². The van der Waals surface area contributed by atoms with Crippen LogP contribution in [0.3, 0.4) is 0 Å². The Kier molecular flexibility index (Phi) is 2.72. The van der Waals surface area contributed by atoms with Crippen LogP contribution in [-0.4, -0.2) is 11.7 Å². The molecule has 10 heavy (non-hydrogen) atoms. The van der Waals surface area contributed by atoms with E-state index < -0.39 is 0 Å². The zero-order valence-electron chi connectivity index (χ0n) is 6.55. The van der Waals surface area contributed by atoms with Crippen molar-refractivity contribution in [1.82, 2.24) is 0 Å². The summed E-state index contributed by atoms with van der Waals surface area (Å²) in [6.45, 7) is 4.41. The smallest absolute Gasteiger partial charge is 0.125 e. The molecular formula is C8H14ClN. The van der Waals surface area contributed by atoms with Crippen LogP contribution in [0.15, 0.2) is 4.99 Å². The van der Waals surface area contributed by atoms with Gasteiger partial charge in [0.2, 0.25) is 0 Å². The zero-order valence-corrected chi connectivity index (χ0v) is 7.30. The van der Waals surface area contributed by atoms with Crippen LogP contribution in [0.1, 0.15) is 26.7 Å². The van der Waals surface area contributed by atoms with Gasteiger partial charge in [-0.3, -0.25) is 4.99 Å². The van der Waals surface area contributed by atoms with Crippen LogP contribution >= 0.6 is 11.6 Å². The van der Waals surface area contributed by atoms with Crippen LogP contribution in [0, 0.1) is 11.8 Å². The van der Waals surface area contributed by atoms with E-state index in [4.69, 9.17) is 11.6 Å². The van der Waals surface area contributed by atoms with Crippen LogP contribution in [0.5, 0.6) is 0 Å². The summed E-state index contributed by atoms with van der Waals surface area (Å²) in [6, 6.07) is 0. The summed E-state index contributed by atoms with van der Waals surface area (Å²) in [5.41, 5.74) is 0.0185. The molecule has 0 aromatic heterocycles. The van der Waals surface area contributed by atoms with E-state index in [9.17, 15) is 0 Å². The molecule has 1 aliphatic heterocycles. The first-order chi connectivity index (χ1) is 4.70. The maximum absolute atomic E-state index is 5.94. The second-order valence-corrected chi connectivity index (χ2v) is 3.71. The Hall–Kier alpha value is -0.0400. The molecule has 3 atom stereocenters. The minimum Gasteiger partial charge on any atom is -0.278 e. The van der Waals surface area contributed by atoms with E-state index in [-0.39, 0.29) is 5.50 Å². The topological polar surface area (TPSA) is 12.4 Å². The number of aliphatic imine (C=N–C) groups is 1. The van der Waals surface area contributed by atoms with Gasteiger partial charge in [-0.15, -0.1) is 0 Å². The fourth-order valence-electron chi connectivity index (χ4n) is 1.33. The van der Waals surface area contributed by atoms with Gasteiger partial charge < -0.3 is 0 Å². The molecule has 1 rings (SSSR count). The van der Waals surface area contributed by atoms with E-state index in [1.165, 1.54) is 6.42 Å². The molecule has 2 heteroatoms. The lowest BCUT2D eigenvalue weighted by Gasteiger charge is -2.13. The lowest BCUT2D eigenvalue weighted by molar-refractivity contribution is 0.428. The SMILES string of the molecule is CC1C[C@H](C)CC=N[C@@H]1Cl. The summed E-state index contributed by atoms with van der Waals surface area (Å²) in [5.74, 6) is 1.29. The van der Waals surface area contributed by atoms with E-state index in [0.717, 1.165) is 12.3 Å². The first-order valence-corrected chi connectivity index (χ1v) is 4.29. The van der Waals surface area contributed by atoms with Crippen molar-refractivity contribution in [3.63, 3.8) is 0 Å². The Bertz CT molecular complexity index is 133. The van der Waals surface area contributed by atoms with Crippen molar-refractivity contribution >= 4 is 17.8 Å². The van der Waals surface area contributed by atoms with Gasteiger partial charge in [-0.2, -0.15) is 0 Å². The molecule has 0 amide bonds. The average molecular weight is 160 g/mol. The van der Waals surface area contributed by atoms with Crippen LogP contribution in [0.25, 0.3) is 0 Å². The Balaban J connectivity index is 2.53. The number of halogens is 1. The van der Waals surface area contributed by atoms with Crippen LogP contribution in [-0.2, 0) is 0 Å². The van der Waals surface area contributed by atoms with Gasteiger partial charge in [0.05, 0.1) is 0 Å². The van der Waals surface area contributed by atoms with Crippen LogP contribution in [0.4, 0.5) is 0 Å². The molecule has 0 fully saturated rings. The molecule has 0 bridgehead atoms. The van der Waals surface area contributed by atoms with Gasteiger partial charge in [-0.1, -0.05) is 25.4 Å². The first-order valence-electron chi connectivity index (χ1n) is 3.86. The molecule has 0 spiro atoms. The monoisotopic (exact) mass is 159 g/mol. The standard InChI is InChI=1S/C8H14ClN/c1-6-3-4-10-8(9)7(2)5-6/h4,6-8H,3,5H2,1-2H3/t6-,7?,8+/m1/s1.